The molecule has 1 aromatic rings. The monoisotopic (exact) mass is 283 g/mol. The lowest BCUT2D eigenvalue weighted by atomic mass is 9.95. The van der Waals surface area contributed by atoms with Crippen LogP contribution in [0.4, 0.5) is 0 Å². The normalized spacial score (nSPS) is 16.7. The van der Waals surface area contributed by atoms with Gasteiger partial charge in [-0.25, -0.2) is 12.7 Å². The Morgan fingerprint density at radius 3 is 2.00 bits per heavy atom. The number of hydrogen-bond acceptors (Lipinski definition) is 2. The number of nitrogens with zero attached hydrogens (tertiary/aromatic N) is 1. The van der Waals surface area contributed by atoms with Crippen LogP contribution in [0.2, 0.25) is 0 Å². The molecule has 2 rings (SSSR count). The van der Waals surface area contributed by atoms with Crippen molar-refractivity contribution in [2.45, 2.75) is 39.0 Å². The number of benzene rings is 1. The van der Waals surface area contributed by atoms with Gasteiger partial charge in [-0.15, -0.1) is 0 Å². The van der Waals surface area contributed by atoms with Gasteiger partial charge in [0.1, 0.15) is 0 Å². The molecule has 1 fully saturated rings. The highest BCUT2D eigenvalue weighted by Crippen LogP contribution is 2.48. The molecule has 0 heterocycles. The summed E-state index contributed by atoms with van der Waals surface area (Å²) < 4.78 is 24.4. The van der Waals surface area contributed by atoms with Crippen LogP contribution in [0.15, 0.2) is 24.3 Å². The third-order valence-electron chi connectivity index (χ3n) is 3.61. The summed E-state index contributed by atoms with van der Waals surface area (Å²) in [7, 11) is -1.42. The molecule has 0 saturated heterocycles. The maximum absolute atomic E-state index is 11.4. The van der Waals surface area contributed by atoms with Crippen molar-refractivity contribution in [2.75, 3.05) is 19.8 Å². The fourth-order valence-corrected chi connectivity index (χ4v) is 2.62. The molecule has 0 atom stereocenters. The molecule has 0 N–H and O–H groups in total. The number of aryl methyl sites for hydroxylation is 1. The van der Waals surface area contributed by atoms with Crippen LogP contribution in [0.5, 0.6) is 0 Å². The lowest BCUT2D eigenvalue weighted by Gasteiger charge is -2.22. The van der Waals surface area contributed by atoms with Crippen LogP contribution >= 0.6 is 0 Å². The summed E-state index contributed by atoms with van der Waals surface area (Å²) in [5, 5.41) is 0. The van der Waals surface area contributed by atoms with E-state index in [-0.39, 0.29) is 5.41 Å². The smallest absolute Gasteiger partial charge is 0.210 e. The van der Waals surface area contributed by atoms with Gasteiger partial charge in [0, 0.05) is 19.0 Å². The maximum atomic E-state index is 11.4. The number of likely N-dealkylation sites (N-methyl/N-ethyl adjacent to an activating group) is 1. The second-order valence-corrected chi connectivity index (χ2v) is 7.25. The molecule has 0 aromatic heterocycles. The van der Waals surface area contributed by atoms with E-state index in [1.807, 2.05) is 13.8 Å². The van der Waals surface area contributed by atoms with E-state index in [0.717, 1.165) is 12.8 Å². The van der Waals surface area contributed by atoms with Crippen molar-refractivity contribution in [3.05, 3.63) is 35.4 Å². The first-order valence-electron chi connectivity index (χ1n) is 6.82. The van der Waals surface area contributed by atoms with Crippen molar-refractivity contribution >= 4 is 10.0 Å². The summed E-state index contributed by atoms with van der Waals surface area (Å²) in [6.07, 6.45) is 3.42. The van der Waals surface area contributed by atoms with Crippen molar-refractivity contribution in [2.24, 2.45) is 0 Å². The van der Waals surface area contributed by atoms with Gasteiger partial charge in [0.25, 0.3) is 0 Å². The van der Waals surface area contributed by atoms with Gasteiger partial charge in [-0.05, 0) is 25.3 Å². The second-order valence-electron chi connectivity index (χ2n) is 5.17. The van der Waals surface area contributed by atoms with Gasteiger partial charge in [0.05, 0.1) is 6.26 Å². The van der Waals surface area contributed by atoms with Crippen LogP contribution in [0.3, 0.4) is 0 Å². The van der Waals surface area contributed by atoms with Crippen LogP contribution < -0.4 is 0 Å². The maximum Gasteiger partial charge on any atom is 0.210 e. The van der Waals surface area contributed by atoms with E-state index in [0.29, 0.717) is 6.54 Å². The van der Waals surface area contributed by atoms with Crippen molar-refractivity contribution < 1.29 is 8.42 Å². The van der Waals surface area contributed by atoms with Crippen molar-refractivity contribution in [1.82, 2.24) is 4.31 Å². The number of hydrogen-bond donors (Lipinski definition) is 0. The van der Waals surface area contributed by atoms with Crippen LogP contribution in [-0.4, -0.2) is 32.6 Å². The SMILES string of the molecule is CC.Cc1ccc(C2(CN(C)S(C)(=O)=O)CC2)cc1. The van der Waals surface area contributed by atoms with Crippen molar-refractivity contribution in [3.63, 3.8) is 0 Å². The van der Waals surface area contributed by atoms with E-state index in [2.05, 4.69) is 31.2 Å². The molecule has 1 aliphatic carbocycles. The van der Waals surface area contributed by atoms with Crippen LogP contribution in [0.25, 0.3) is 0 Å². The lowest BCUT2D eigenvalue weighted by molar-refractivity contribution is 0.430. The summed E-state index contributed by atoms with van der Waals surface area (Å²) >= 11 is 0. The molecule has 3 nitrogen and oxygen atoms in total. The Morgan fingerprint density at radius 1 is 1.16 bits per heavy atom. The molecule has 0 aliphatic heterocycles. The largest absolute Gasteiger partial charge is 0.213 e. The van der Waals surface area contributed by atoms with E-state index in [4.69, 9.17) is 0 Å². The zero-order valence-corrected chi connectivity index (χ0v) is 13.4. The third kappa shape index (κ3) is 4.05. The molecule has 108 valence electrons. The minimum absolute atomic E-state index is 0.0610. The Hall–Kier alpha value is -0.870. The molecular weight excluding hydrogens is 258 g/mol. The van der Waals surface area contributed by atoms with Gasteiger partial charge in [-0.3, -0.25) is 0 Å². The molecule has 0 radical (unpaired) electrons. The average Bonchev–Trinajstić information content (AvgIpc) is 3.12. The molecule has 19 heavy (non-hydrogen) atoms. The van der Waals surface area contributed by atoms with E-state index in [9.17, 15) is 8.42 Å². The summed E-state index contributed by atoms with van der Waals surface area (Å²) in [6.45, 7) is 6.65. The Bertz CT molecular complexity index is 501. The molecule has 0 spiro atoms. The predicted molar refractivity (Wildman–Crippen MR) is 80.9 cm³/mol. The van der Waals surface area contributed by atoms with Crippen LogP contribution in [-0.2, 0) is 15.4 Å². The standard InChI is InChI=1S/C13H19NO2S.C2H6/c1-11-4-6-12(7-5-11)13(8-9-13)10-14(2)17(3,15)16;1-2/h4-7H,8-10H2,1-3H3;1-2H3. The first-order valence-corrected chi connectivity index (χ1v) is 8.67. The summed E-state index contributed by atoms with van der Waals surface area (Å²) in [5.41, 5.74) is 2.56. The molecule has 4 heteroatoms. The average molecular weight is 283 g/mol. The Morgan fingerprint density at radius 2 is 1.63 bits per heavy atom. The summed E-state index contributed by atoms with van der Waals surface area (Å²) in [5.74, 6) is 0. The second kappa shape index (κ2) is 6.06. The molecule has 0 amide bonds. The quantitative estimate of drug-likeness (QED) is 0.852. The fourth-order valence-electron chi connectivity index (χ4n) is 2.14. The van der Waals surface area contributed by atoms with Gasteiger partial charge in [-0.1, -0.05) is 43.7 Å². The van der Waals surface area contributed by atoms with Crippen LogP contribution in [0.1, 0.15) is 37.8 Å². The van der Waals surface area contributed by atoms with Gasteiger partial charge in [0.2, 0.25) is 10.0 Å². The summed E-state index contributed by atoms with van der Waals surface area (Å²) in [6, 6.07) is 8.43. The highest BCUT2D eigenvalue weighted by Gasteiger charge is 2.45. The zero-order valence-electron chi connectivity index (χ0n) is 12.6. The number of rotatable bonds is 4. The third-order valence-corrected chi connectivity index (χ3v) is 4.87. The molecule has 1 aromatic carbocycles. The van der Waals surface area contributed by atoms with E-state index >= 15 is 0 Å². The summed E-state index contributed by atoms with van der Waals surface area (Å²) in [4.78, 5) is 0. The predicted octanol–water partition coefficient (Wildman–Crippen LogP) is 2.94. The number of sulfonamides is 1. The lowest BCUT2D eigenvalue weighted by Crippen LogP contribution is -2.33. The fraction of sp³-hybridized carbons (Fsp3) is 0.600. The van der Waals surface area contributed by atoms with E-state index in [1.165, 1.54) is 21.7 Å². The first kappa shape index (κ1) is 16.2. The minimum Gasteiger partial charge on any atom is -0.213 e. The van der Waals surface area contributed by atoms with E-state index < -0.39 is 10.0 Å². The highest BCUT2D eigenvalue weighted by atomic mass is 32.2. The Balaban J connectivity index is 0.000000861. The highest BCUT2D eigenvalue weighted by molar-refractivity contribution is 7.88. The van der Waals surface area contributed by atoms with Crippen molar-refractivity contribution in [3.8, 4) is 0 Å². The van der Waals surface area contributed by atoms with Gasteiger partial charge >= 0.3 is 0 Å². The van der Waals surface area contributed by atoms with Gasteiger partial charge in [-0.2, -0.15) is 0 Å². The first-order chi connectivity index (χ1) is 8.83. The van der Waals surface area contributed by atoms with Gasteiger partial charge < -0.3 is 0 Å². The van der Waals surface area contributed by atoms with Gasteiger partial charge in [0.15, 0.2) is 0 Å². The molecule has 1 saturated carbocycles. The molecule has 0 bridgehead atoms. The zero-order chi connectivity index (χ0) is 14.7. The molecule has 0 unspecified atom stereocenters. The molecule has 1 aliphatic rings. The minimum atomic E-state index is -3.08. The Labute approximate surface area is 117 Å². The topological polar surface area (TPSA) is 37.4 Å². The molecular formula is C15H25NO2S. The van der Waals surface area contributed by atoms with Crippen molar-refractivity contribution in [1.29, 1.82) is 0 Å². The Kier molecular flexibility index (Phi) is 5.16. The van der Waals surface area contributed by atoms with E-state index in [1.54, 1.807) is 7.05 Å². The van der Waals surface area contributed by atoms with Crippen LogP contribution in [0, 0.1) is 6.92 Å².